The zero-order chi connectivity index (χ0) is 18.1. The van der Waals surface area contributed by atoms with Crippen LogP contribution in [0.2, 0.25) is 0 Å². The quantitative estimate of drug-likeness (QED) is 0.778. The first kappa shape index (κ1) is 19.6. The number of nitrogens with zero attached hydrogens (tertiary/aromatic N) is 1. The molecule has 1 fully saturated rings. The van der Waals surface area contributed by atoms with E-state index >= 15 is 0 Å². The van der Waals surface area contributed by atoms with Crippen LogP contribution in [0.4, 0.5) is 4.79 Å². The van der Waals surface area contributed by atoms with E-state index in [1.807, 2.05) is 47.0 Å². The summed E-state index contributed by atoms with van der Waals surface area (Å²) < 4.78 is 0. The van der Waals surface area contributed by atoms with Gasteiger partial charge in [0.2, 0.25) is 0 Å². The number of benzene rings is 1. The molecule has 0 radical (unpaired) electrons. The Hall–Kier alpha value is -1.69. The van der Waals surface area contributed by atoms with Gasteiger partial charge in [-0.05, 0) is 37.5 Å². The maximum Gasteiger partial charge on any atom is 0.317 e. The van der Waals surface area contributed by atoms with Gasteiger partial charge in [0, 0.05) is 30.8 Å². The Morgan fingerprint density at radius 1 is 1.32 bits per heavy atom. The molecule has 1 aromatic carbocycles. The molecule has 0 bridgehead atoms. The molecule has 25 heavy (non-hydrogen) atoms. The van der Waals surface area contributed by atoms with Crippen LogP contribution >= 0.6 is 11.8 Å². The summed E-state index contributed by atoms with van der Waals surface area (Å²) in [5.74, 6) is -0.829. The first-order valence-corrected chi connectivity index (χ1v) is 10.2. The zero-order valence-corrected chi connectivity index (χ0v) is 15.6. The molecule has 2 N–H and O–H groups in total. The second-order valence-electron chi connectivity index (χ2n) is 6.57. The average Bonchev–Trinajstić information content (AvgIpc) is 2.86. The van der Waals surface area contributed by atoms with Gasteiger partial charge in [0.05, 0.1) is 0 Å². The minimum Gasteiger partial charge on any atom is -0.481 e. The van der Waals surface area contributed by atoms with E-state index < -0.39 is 5.97 Å². The van der Waals surface area contributed by atoms with Crippen LogP contribution < -0.4 is 5.32 Å². The fourth-order valence-electron chi connectivity index (χ4n) is 3.17. The number of aliphatic carboxylic acids is 1. The van der Waals surface area contributed by atoms with Crippen molar-refractivity contribution in [2.24, 2.45) is 0 Å². The fraction of sp³-hybridized carbons (Fsp3) is 0.579. The maximum atomic E-state index is 12.7. The summed E-state index contributed by atoms with van der Waals surface area (Å²) in [5.41, 5.74) is 1.11. The van der Waals surface area contributed by atoms with Crippen LogP contribution in [-0.2, 0) is 11.2 Å². The summed E-state index contributed by atoms with van der Waals surface area (Å²) in [5, 5.41) is 12.6. The number of carbonyl (C=O) groups excluding carboxylic acids is 1. The van der Waals surface area contributed by atoms with E-state index in [0.717, 1.165) is 37.9 Å². The van der Waals surface area contributed by atoms with Gasteiger partial charge in [-0.25, -0.2) is 4.79 Å². The third-order valence-electron chi connectivity index (χ3n) is 4.61. The highest BCUT2D eigenvalue weighted by Crippen LogP contribution is 2.20. The maximum absolute atomic E-state index is 12.7. The van der Waals surface area contributed by atoms with Gasteiger partial charge < -0.3 is 15.3 Å². The van der Waals surface area contributed by atoms with Gasteiger partial charge in [-0.1, -0.05) is 36.8 Å². The van der Waals surface area contributed by atoms with E-state index in [0.29, 0.717) is 18.1 Å². The van der Waals surface area contributed by atoms with E-state index in [-0.39, 0.29) is 18.5 Å². The normalized spacial score (nSPS) is 19.1. The van der Waals surface area contributed by atoms with E-state index in [1.165, 1.54) is 0 Å². The molecule has 1 aliphatic heterocycles. The van der Waals surface area contributed by atoms with Crippen LogP contribution in [0.3, 0.4) is 0 Å². The smallest absolute Gasteiger partial charge is 0.317 e. The van der Waals surface area contributed by atoms with Crippen molar-refractivity contribution in [2.45, 2.75) is 49.8 Å². The SMILES string of the molecule is CSC1CCCCN(C(=O)NC(CCC(=O)O)Cc2ccccc2)C1. The molecule has 6 heteroatoms. The molecule has 0 spiro atoms. The largest absolute Gasteiger partial charge is 0.481 e. The Bertz CT molecular complexity index is 553. The third kappa shape index (κ3) is 6.98. The van der Waals surface area contributed by atoms with E-state index in [9.17, 15) is 9.59 Å². The number of thioether (sulfide) groups is 1. The second-order valence-corrected chi connectivity index (χ2v) is 7.71. The van der Waals surface area contributed by atoms with Crippen molar-refractivity contribution in [2.75, 3.05) is 19.3 Å². The van der Waals surface area contributed by atoms with Gasteiger partial charge in [-0.15, -0.1) is 0 Å². The minimum absolute atomic E-state index is 0.0607. The Balaban J connectivity index is 1.98. The van der Waals surface area contributed by atoms with Gasteiger partial charge in [-0.3, -0.25) is 4.79 Å². The van der Waals surface area contributed by atoms with Crippen molar-refractivity contribution in [3.8, 4) is 0 Å². The molecule has 2 atom stereocenters. The lowest BCUT2D eigenvalue weighted by molar-refractivity contribution is -0.137. The molecule has 0 saturated carbocycles. The van der Waals surface area contributed by atoms with Crippen molar-refractivity contribution in [3.63, 3.8) is 0 Å². The van der Waals surface area contributed by atoms with Crippen LogP contribution in [0, 0.1) is 0 Å². The summed E-state index contributed by atoms with van der Waals surface area (Å²) >= 11 is 1.82. The van der Waals surface area contributed by atoms with Crippen LogP contribution in [-0.4, -0.2) is 52.6 Å². The molecule has 138 valence electrons. The number of carboxylic acids is 1. The van der Waals surface area contributed by atoms with E-state index in [2.05, 4.69) is 11.6 Å². The minimum atomic E-state index is -0.829. The fourth-order valence-corrected chi connectivity index (χ4v) is 3.90. The summed E-state index contributed by atoms with van der Waals surface area (Å²) in [6.45, 7) is 1.55. The summed E-state index contributed by atoms with van der Waals surface area (Å²) in [6.07, 6.45) is 6.58. The van der Waals surface area contributed by atoms with E-state index in [4.69, 9.17) is 5.11 Å². The third-order valence-corrected chi connectivity index (χ3v) is 5.66. The summed E-state index contributed by atoms with van der Waals surface area (Å²) in [6, 6.07) is 9.67. The van der Waals surface area contributed by atoms with Crippen LogP contribution in [0.15, 0.2) is 30.3 Å². The Labute approximate surface area is 154 Å². The zero-order valence-electron chi connectivity index (χ0n) is 14.8. The highest BCUT2D eigenvalue weighted by Gasteiger charge is 2.23. The number of carbonyl (C=O) groups is 2. The average molecular weight is 365 g/mol. The van der Waals surface area contributed by atoms with Crippen molar-refractivity contribution in [3.05, 3.63) is 35.9 Å². The molecular formula is C19H28N2O3S. The number of hydrogen-bond acceptors (Lipinski definition) is 3. The number of amides is 2. The van der Waals surface area contributed by atoms with Gasteiger partial charge in [-0.2, -0.15) is 11.8 Å². The molecule has 1 aliphatic rings. The Morgan fingerprint density at radius 3 is 2.76 bits per heavy atom. The molecule has 2 amide bonds. The highest BCUT2D eigenvalue weighted by molar-refractivity contribution is 7.99. The first-order valence-electron chi connectivity index (χ1n) is 8.92. The Morgan fingerprint density at radius 2 is 2.08 bits per heavy atom. The first-order chi connectivity index (χ1) is 12.1. The topological polar surface area (TPSA) is 69.6 Å². The molecule has 0 aromatic heterocycles. The number of rotatable bonds is 7. The van der Waals surface area contributed by atoms with Crippen molar-refractivity contribution in [1.82, 2.24) is 10.2 Å². The van der Waals surface area contributed by atoms with Gasteiger partial charge >= 0.3 is 12.0 Å². The number of urea groups is 1. The van der Waals surface area contributed by atoms with Gasteiger partial charge in [0.1, 0.15) is 0 Å². The number of nitrogens with one attached hydrogen (secondary N) is 1. The highest BCUT2D eigenvalue weighted by atomic mass is 32.2. The lowest BCUT2D eigenvalue weighted by atomic mass is 10.0. The standard InChI is InChI=1S/C19H28N2O3S/c1-25-17-9-5-6-12-21(14-17)19(24)20-16(10-11-18(22)23)13-15-7-3-2-4-8-15/h2-4,7-8,16-17H,5-6,9-14H2,1H3,(H,20,24)(H,22,23). The van der Waals surface area contributed by atoms with Crippen LogP contribution in [0.1, 0.15) is 37.7 Å². The summed E-state index contributed by atoms with van der Waals surface area (Å²) in [7, 11) is 0. The molecule has 1 saturated heterocycles. The molecule has 1 aromatic rings. The number of hydrogen-bond donors (Lipinski definition) is 2. The molecular weight excluding hydrogens is 336 g/mol. The van der Waals surface area contributed by atoms with Crippen LogP contribution in [0.5, 0.6) is 0 Å². The lowest BCUT2D eigenvalue weighted by Gasteiger charge is -2.27. The van der Waals surface area contributed by atoms with Gasteiger partial charge in [0.25, 0.3) is 0 Å². The molecule has 5 nitrogen and oxygen atoms in total. The van der Waals surface area contributed by atoms with E-state index in [1.54, 1.807) is 0 Å². The predicted octanol–water partition coefficient (Wildman–Crippen LogP) is 3.39. The Kier molecular flexibility index (Phi) is 8.12. The summed E-state index contributed by atoms with van der Waals surface area (Å²) in [4.78, 5) is 25.6. The second kappa shape index (κ2) is 10.3. The lowest BCUT2D eigenvalue weighted by Crippen LogP contribution is -2.47. The van der Waals surface area contributed by atoms with Crippen molar-refractivity contribution in [1.29, 1.82) is 0 Å². The van der Waals surface area contributed by atoms with Crippen LogP contribution in [0.25, 0.3) is 0 Å². The number of carboxylic acid groups (broad SMARTS) is 1. The van der Waals surface area contributed by atoms with Crippen molar-refractivity contribution < 1.29 is 14.7 Å². The molecule has 2 rings (SSSR count). The molecule has 0 aliphatic carbocycles. The monoisotopic (exact) mass is 364 g/mol. The van der Waals surface area contributed by atoms with Gasteiger partial charge in [0.15, 0.2) is 0 Å². The number of likely N-dealkylation sites (tertiary alicyclic amines) is 1. The van der Waals surface area contributed by atoms with Crippen molar-refractivity contribution >= 4 is 23.8 Å². The predicted molar refractivity (Wildman–Crippen MR) is 102 cm³/mol. The molecule has 2 unspecified atom stereocenters. The molecule has 1 heterocycles.